The Labute approximate surface area is 252 Å². The molecule has 0 bridgehead atoms. The Kier molecular flexibility index (Phi) is 11.5. The van der Waals surface area contributed by atoms with Crippen molar-refractivity contribution in [3.63, 3.8) is 0 Å². The van der Waals surface area contributed by atoms with E-state index >= 15 is 0 Å². The van der Waals surface area contributed by atoms with Gasteiger partial charge in [-0.05, 0) is 92.4 Å². The van der Waals surface area contributed by atoms with Crippen molar-refractivity contribution in [2.24, 2.45) is 0 Å². The number of fused-ring (bicyclic) bond motifs is 1. The molecular formula is C34H44Cl2N2O2. The molecule has 0 saturated carbocycles. The van der Waals surface area contributed by atoms with E-state index < -0.39 is 0 Å². The van der Waals surface area contributed by atoms with Crippen LogP contribution in [0.1, 0.15) is 67.7 Å². The second-order valence-corrected chi connectivity index (χ2v) is 11.3. The van der Waals surface area contributed by atoms with E-state index in [1.54, 1.807) is 14.0 Å². The summed E-state index contributed by atoms with van der Waals surface area (Å²) < 4.78 is 5.49. The summed E-state index contributed by atoms with van der Waals surface area (Å²) in [6, 6.07) is 28.2. The number of rotatable bonds is 9. The van der Waals surface area contributed by atoms with Crippen LogP contribution in [0.15, 0.2) is 78.9 Å². The van der Waals surface area contributed by atoms with Crippen LogP contribution in [0, 0.1) is 0 Å². The third-order valence-corrected chi connectivity index (χ3v) is 9.11. The molecule has 1 saturated heterocycles. The van der Waals surface area contributed by atoms with E-state index in [1.807, 2.05) is 0 Å². The van der Waals surface area contributed by atoms with Gasteiger partial charge >= 0.3 is 0 Å². The lowest BCUT2D eigenvalue weighted by atomic mass is 9.70. The minimum Gasteiger partial charge on any atom is -0.497 e. The molecule has 2 aliphatic rings. The van der Waals surface area contributed by atoms with Crippen LogP contribution in [0.2, 0.25) is 0 Å². The first-order valence-corrected chi connectivity index (χ1v) is 14.3. The maximum Gasteiger partial charge on any atom is 0.216 e. The van der Waals surface area contributed by atoms with Crippen LogP contribution in [0.4, 0.5) is 0 Å². The normalized spacial score (nSPS) is 18.6. The van der Waals surface area contributed by atoms with Crippen molar-refractivity contribution in [1.29, 1.82) is 0 Å². The molecule has 216 valence electrons. The number of hydrogen-bond donors (Lipinski definition) is 1. The van der Waals surface area contributed by atoms with Crippen molar-refractivity contribution >= 4 is 30.7 Å². The van der Waals surface area contributed by atoms with Crippen LogP contribution in [0.3, 0.4) is 0 Å². The number of nitrogens with one attached hydrogen (secondary N) is 1. The molecule has 4 nitrogen and oxygen atoms in total. The Morgan fingerprint density at radius 3 is 2.23 bits per heavy atom. The van der Waals surface area contributed by atoms with Gasteiger partial charge in [-0.1, -0.05) is 73.2 Å². The van der Waals surface area contributed by atoms with Crippen LogP contribution >= 0.6 is 24.8 Å². The largest absolute Gasteiger partial charge is 0.497 e. The van der Waals surface area contributed by atoms with E-state index in [0.29, 0.717) is 6.54 Å². The molecule has 1 fully saturated rings. The zero-order valence-corrected chi connectivity index (χ0v) is 25.5. The number of carbonyl (C=O) groups excluding carboxylic acids is 1. The van der Waals surface area contributed by atoms with E-state index in [2.05, 4.69) is 89.1 Å². The minimum atomic E-state index is -0.257. The summed E-state index contributed by atoms with van der Waals surface area (Å²) in [4.78, 5) is 14.9. The summed E-state index contributed by atoms with van der Waals surface area (Å²) in [5.41, 5.74) is 5.51. The minimum absolute atomic E-state index is 0. The van der Waals surface area contributed by atoms with Crippen molar-refractivity contribution in [2.45, 2.75) is 69.2 Å². The van der Waals surface area contributed by atoms with Crippen LogP contribution in [0.5, 0.6) is 5.75 Å². The summed E-state index contributed by atoms with van der Waals surface area (Å²) in [7, 11) is 1.76. The van der Waals surface area contributed by atoms with Gasteiger partial charge in [-0.2, -0.15) is 0 Å². The number of aryl methyl sites for hydroxylation is 1. The van der Waals surface area contributed by atoms with Gasteiger partial charge in [0.15, 0.2) is 0 Å². The molecule has 0 aromatic heterocycles. The molecule has 1 N–H and O–H groups in total. The fraction of sp³-hybridized carbons (Fsp3) is 0.441. The average Bonchev–Trinajstić information content (AvgIpc) is 2.96. The summed E-state index contributed by atoms with van der Waals surface area (Å²) in [5.74, 6) is 0.992. The topological polar surface area (TPSA) is 41.6 Å². The molecule has 3 aromatic rings. The molecule has 1 heterocycles. The van der Waals surface area contributed by atoms with E-state index in [-0.39, 0.29) is 41.7 Å². The quantitative estimate of drug-likeness (QED) is 0.291. The highest BCUT2D eigenvalue weighted by Crippen LogP contribution is 2.42. The Bertz CT molecular complexity index is 1180. The van der Waals surface area contributed by atoms with Gasteiger partial charge in [0.25, 0.3) is 0 Å². The number of amides is 1. The molecule has 1 amide bonds. The third-order valence-electron chi connectivity index (χ3n) is 9.11. The number of halogens is 2. The first-order valence-electron chi connectivity index (χ1n) is 14.3. The smallest absolute Gasteiger partial charge is 0.216 e. The standard InChI is InChI=1S/C34H42N2O2.2ClH/c1-27(37)35-26-34(30-12-5-3-6-13-30,31-14-7-4-8-15-31)20-11-23-36-22-10-9-19-33(36)21-18-28-24-32(38-2)17-16-29(28)25-33;;/h3-8,12-17,24H,9-11,18-23,25-26H2,1-2H3,(H,35,37);2*1H. The molecule has 1 aliphatic heterocycles. The lowest BCUT2D eigenvalue weighted by Crippen LogP contribution is -2.55. The molecule has 1 atom stereocenters. The van der Waals surface area contributed by atoms with Gasteiger partial charge in [0.2, 0.25) is 5.91 Å². The average molecular weight is 584 g/mol. The van der Waals surface area contributed by atoms with Gasteiger partial charge in [0.1, 0.15) is 5.75 Å². The predicted octanol–water partition coefficient (Wildman–Crippen LogP) is 7.15. The van der Waals surface area contributed by atoms with Crippen molar-refractivity contribution in [3.8, 4) is 5.75 Å². The van der Waals surface area contributed by atoms with Crippen LogP contribution < -0.4 is 10.1 Å². The molecule has 0 radical (unpaired) electrons. The maximum atomic E-state index is 12.1. The number of carbonyl (C=O) groups is 1. The SMILES string of the molecule is COc1ccc2c(c1)CCC1(CCCCN1CCCC(CNC(C)=O)(c1ccccc1)c1ccccc1)C2.Cl.Cl. The van der Waals surface area contributed by atoms with Gasteiger partial charge in [0, 0.05) is 24.4 Å². The third kappa shape index (κ3) is 6.84. The van der Waals surface area contributed by atoms with E-state index in [1.165, 1.54) is 54.5 Å². The highest BCUT2D eigenvalue weighted by Gasteiger charge is 2.42. The van der Waals surface area contributed by atoms with Crippen molar-refractivity contribution in [1.82, 2.24) is 10.2 Å². The fourth-order valence-electron chi connectivity index (χ4n) is 7.04. The fourth-order valence-corrected chi connectivity index (χ4v) is 7.04. The van der Waals surface area contributed by atoms with Crippen LogP contribution in [0.25, 0.3) is 0 Å². The summed E-state index contributed by atoms with van der Waals surface area (Å²) in [5, 5.41) is 3.19. The molecule has 5 rings (SSSR count). The van der Waals surface area contributed by atoms with Gasteiger partial charge in [-0.25, -0.2) is 0 Å². The number of likely N-dealkylation sites (tertiary alicyclic amines) is 1. The molecule has 1 unspecified atom stereocenters. The second kappa shape index (κ2) is 14.4. The lowest BCUT2D eigenvalue weighted by Gasteiger charge is -2.50. The van der Waals surface area contributed by atoms with Crippen molar-refractivity contribution in [2.75, 3.05) is 26.7 Å². The van der Waals surface area contributed by atoms with Gasteiger partial charge in [-0.15, -0.1) is 24.8 Å². The number of benzene rings is 3. The van der Waals surface area contributed by atoms with Crippen LogP contribution in [-0.4, -0.2) is 43.1 Å². The van der Waals surface area contributed by atoms with Crippen molar-refractivity contribution in [3.05, 3.63) is 101 Å². The monoisotopic (exact) mass is 582 g/mol. The summed E-state index contributed by atoms with van der Waals surface area (Å²) >= 11 is 0. The first-order chi connectivity index (χ1) is 18.5. The Balaban J connectivity index is 0.00000220. The van der Waals surface area contributed by atoms with Crippen LogP contribution in [-0.2, 0) is 23.1 Å². The Morgan fingerprint density at radius 2 is 1.60 bits per heavy atom. The number of piperidine rings is 1. The van der Waals surface area contributed by atoms with Crippen molar-refractivity contribution < 1.29 is 9.53 Å². The highest BCUT2D eigenvalue weighted by atomic mass is 35.5. The predicted molar refractivity (Wildman–Crippen MR) is 169 cm³/mol. The summed E-state index contributed by atoms with van der Waals surface area (Å²) in [6.45, 7) is 4.50. The maximum absolute atomic E-state index is 12.1. The molecule has 3 aromatic carbocycles. The lowest BCUT2D eigenvalue weighted by molar-refractivity contribution is -0.119. The van der Waals surface area contributed by atoms with Gasteiger partial charge in [-0.3, -0.25) is 9.69 Å². The number of hydrogen-bond acceptors (Lipinski definition) is 3. The molecule has 1 aliphatic carbocycles. The zero-order valence-electron chi connectivity index (χ0n) is 23.9. The van der Waals surface area contributed by atoms with Gasteiger partial charge in [0.05, 0.1) is 7.11 Å². The number of ether oxygens (including phenoxy) is 1. The van der Waals surface area contributed by atoms with E-state index in [9.17, 15) is 4.79 Å². The molecule has 6 heteroatoms. The molecule has 40 heavy (non-hydrogen) atoms. The number of methoxy groups -OCH3 is 1. The molecular weight excluding hydrogens is 539 g/mol. The van der Waals surface area contributed by atoms with E-state index in [0.717, 1.165) is 38.0 Å². The number of nitrogens with zero attached hydrogens (tertiary/aromatic N) is 1. The molecule has 1 spiro atoms. The highest BCUT2D eigenvalue weighted by molar-refractivity contribution is 5.85. The van der Waals surface area contributed by atoms with Gasteiger partial charge < -0.3 is 10.1 Å². The summed E-state index contributed by atoms with van der Waals surface area (Å²) in [6.07, 6.45) is 9.45. The Morgan fingerprint density at radius 1 is 0.925 bits per heavy atom. The first kappa shape index (κ1) is 32.0. The van der Waals surface area contributed by atoms with E-state index in [4.69, 9.17) is 4.74 Å². The Hall–Kier alpha value is -2.53. The zero-order chi connectivity index (χ0) is 26.4. The second-order valence-electron chi connectivity index (χ2n) is 11.3.